The summed E-state index contributed by atoms with van der Waals surface area (Å²) >= 11 is 12.8. The first kappa shape index (κ1) is 26.2. The first-order valence-corrected chi connectivity index (χ1v) is 12.7. The lowest BCUT2D eigenvalue weighted by Gasteiger charge is -2.25. The molecule has 182 valence electrons. The molecule has 2 aromatic rings. The Kier molecular flexibility index (Phi) is 7.72. The van der Waals surface area contributed by atoms with Crippen LogP contribution in [0.15, 0.2) is 41.3 Å². The van der Waals surface area contributed by atoms with Crippen LogP contribution < -0.4 is 15.4 Å². The van der Waals surface area contributed by atoms with E-state index in [9.17, 15) is 22.8 Å². The average molecular weight is 526 g/mol. The Morgan fingerprint density at radius 2 is 1.71 bits per heavy atom. The summed E-state index contributed by atoms with van der Waals surface area (Å²) in [5, 5.41) is 5.71. The maximum Gasteiger partial charge on any atom is 0.240 e. The number of hydrogen-bond acceptors (Lipinski definition) is 5. The minimum absolute atomic E-state index is 0.107. The standard InChI is InChI=1S/C23H25Cl2N3O5S/c1-23(2,14-4-6-15(7-5-14)34(32,33)26-3)22(31)27-12-13-10-17(24)20(18(25)11-13)16-8-9-19(29)28-21(16)30/h4-7,10-11,16,26H,8-9,12H2,1-3H3,(H,27,31)(H,28,29,30). The average Bonchev–Trinajstić information content (AvgIpc) is 2.78. The quantitative estimate of drug-likeness (QED) is 0.479. The molecule has 3 rings (SSSR count). The molecule has 1 aliphatic heterocycles. The molecule has 34 heavy (non-hydrogen) atoms. The highest BCUT2D eigenvalue weighted by molar-refractivity contribution is 7.89. The van der Waals surface area contributed by atoms with Crippen molar-refractivity contribution in [2.45, 2.75) is 49.5 Å². The Bertz CT molecular complexity index is 1220. The van der Waals surface area contributed by atoms with Crippen molar-refractivity contribution >= 4 is 50.9 Å². The van der Waals surface area contributed by atoms with Gasteiger partial charge in [-0.1, -0.05) is 35.3 Å². The summed E-state index contributed by atoms with van der Waals surface area (Å²) in [4.78, 5) is 36.7. The topological polar surface area (TPSA) is 121 Å². The highest BCUT2D eigenvalue weighted by atomic mass is 35.5. The van der Waals surface area contributed by atoms with Gasteiger partial charge in [0, 0.05) is 28.6 Å². The Hall–Kier alpha value is -2.46. The third kappa shape index (κ3) is 5.43. The van der Waals surface area contributed by atoms with Crippen molar-refractivity contribution in [2.75, 3.05) is 7.05 Å². The van der Waals surface area contributed by atoms with Crippen LogP contribution in [0.2, 0.25) is 10.0 Å². The SMILES string of the molecule is CNS(=O)(=O)c1ccc(C(C)(C)C(=O)NCc2cc(Cl)c(C3CCC(=O)NC3=O)c(Cl)c2)cc1. The van der Waals surface area contributed by atoms with Crippen LogP contribution in [0.25, 0.3) is 0 Å². The molecule has 1 aliphatic rings. The van der Waals surface area contributed by atoms with Crippen molar-refractivity contribution in [3.63, 3.8) is 0 Å². The molecule has 3 N–H and O–H groups in total. The monoisotopic (exact) mass is 525 g/mol. The first-order chi connectivity index (χ1) is 15.9. The van der Waals surface area contributed by atoms with E-state index in [1.807, 2.05) is 0 Å². The van der Waals surface area contributed by atoms with Crippen LogP contribution in [-0.2, 0) is 36.4 Å². The van der Waals surface area contributed by atoms with E-state index in [0.29, 0.717) is 23.1 Å². The normalized spacial score (nSPS) is 16.8. The summed E-state index contributed by atoms with van der Waals surface area (Å²) in [5.41, 5.74) is 0.803. The second kappa shape index (κ2) is 10.0. The van der Waals surface area contributed by atoms with E-state index < -0.39 is 27.3 Å². The van der Waals surface area contributed by atoms with Crippen molar-refractivity contribution in [2.24, 2.45) is 0 Å². The minimum Gasteiger partial charge on any atom is -0.351 e. The van der Waals surface area contributed by atoms with Crippen molar-refractivity contribution in [1.82, 2.24) is 15.4 Å². The molecular formula is C23H25Cl2N3O5S. The fourth-order valence-electron chi connectivity index (χ4n) is 3.74. The van der Waals surface area contributed by atoms with Gasteiger partial charge >= 0.3 is 0 Å². The van der Waals surface area contributed by atoms with Gasteiger partial charge in [0.05, 0.1) is 16.2 Å². The van der Waals surface area contributed by atoms with Gasteiger partial charge in [0.1, 0.15) is 0 Å². The van der Waals surface area contributed by atoms with E-state index in [1.54, 1.807) is 38.1 Å². The Morgan fingerprint density at radius 3 is 2.24 bits per heavy atom. The van der Waals surface area contributed by atoms with Crippen LogP contribution in [0.4, 0.5) is 0 Å². The predicted octanol–water partition coefficient (Wildman–Crippen LogP) is 3.02. The fourth-order valence-corrected chi connectivity index (χ4v) is 5.27. The number of rotatable bonds is 7. The Morgan fingerprint density at radius 1 is 1.12 bits per heavy atom. The van der Waals surface area contributed by atoms with Crippen molar-refractivity contribution in [3.8, 4) is 0 Å². The molecule has 1 atom stereocenters. The smallest absolute Gasteiger partial charge is 0.240 e. The number of nitrogens with one attached hydrogen (secondary N) is 3. The maximum absolute atomic E-state index is 12.9. The van der Waals surface area contributed by atoms with E-state index in [-0.39, 0.29) is 39.7 Å². The van der Waals surface area contributed by atoms with Gasteiger partial charge < -0.3 is 5.32 Å². The second-order valence-electron chi connectivity index (χ2n) is 8.52. The number of sulfonamides is 1. The fraction of sp³-hybridized carbons (Fsp3) is 0.348. The molecule has 1 heterocycles. The summed E-state index contributed by atoms with van der Waals surface area (Å²) in [5.74, 6) is -1.65. The molecule has 0 aromatic heterocycles. The molecule has 1 fully saturated rings. The number of benzene rings is 2. The van der Waals surface area contributed by atoms with Crippen LogP contribution in [0, 0.1) is 0 Å². The maximum atomic E-state index is 12.9. The van der Waals surface area contributed by atoms with Gasteiger partial charge in [-0.25, -0.2) is 13.1 Å². The largest absolute Gasteiger partial charge is 0.351 e. The van der Waals surface area contributed by atoms with Gasteiger partial charge in [0.25, 0.3) is 0 Å². The van der Waals surface area contributed by atoms with Crippen molar-refractivity contribution < 1.29 is 22.8 Å². The summed E-state index contributed by atoms with van der Waals surface area (Å²) in [6.07, 6.45) is 0.528. The molecular weight excluding hydrogens is 501 g/mol. The zero-order valence-electron chi connectivity index (χ0n) is 18.9. The molecule has 1 unspecified atom stereocenters. The first-order valence-electron chi connectivity index (χ1n) is 10.5. The molecule has 8 nitrogen and oxygen atoms in total. The van der Waals surface area contributed by atoms with E-state index in [4.69, 9.17) is 23.2 Å². The van der Waals surface area contributed by atoms with Crippen LogP contribution in [0.3, 0.4) is 0 Å². The molecule has 1 saturated heterocycles. The third-order valence-corrected chi connectivity index (χ3v) is 7.96. The molecule has 0 saturated carbocycles. The highest BCUT2D eigenvalue weighted by Crippen LogP contribution is 2.37. The number of amides is 3. The summed E-state index contributed by atoms with van der Waals surface area (Å²) in [6, 6.07) is 9.37. The van der Waals surface area contributed by atoms with Crippen LogP contribution in [0.1, 0.15) is 49.3 Å². The summed E-state index contributed by atoms with van der Waals surface area (Å²) in [7, 11) is -2.24. The number of carbonyl (C=O) groups excluding carboxylic acids is 3. The Labute approximate surface area is 208 Å². The van der Waals surface area contributed by atoms with Crippen LogP contribution in [-0.4, -0.2) is 33.2 Å². The Balaban J connectivity index is 1.73. The summed E-state index contributed by atoms with van der Waals surface area (Å²) in [6.45, 7) is 3.61. The number of carbonyl (C=O) groups is 3. The van der Waals surface area contributed by atoms with E-state index >= 15 is 0 Å². The van der Waals surface area contributed by atoms with Crippen molar-refractivity contribution in [1.29, 1.82) is 0 Å². The number of hydrogen-bond donors (Lipinski definition) is 3. The van der Waals surface area contributed by atoms with Gasteiger partial charge in [0.2, 0.25) is 27.7 Å². The predicted molar refractivity (Wildman–Crippen MR) is 129 cm³/mol. The lowest BCUT2D eigenvalue weighted by molar-refractivity contribution is -0.134. The zero-order valence-corrected chi connectivity index (χ0v) is 21.2. The number of halogens is 2. The lowest BCUT2D eigenvalue weighted by Crippen LogP contribution is -2.40. The highest BCUT2D eigenvalue weighted by Gasteiger charge is 2.32. The minimum atomic E-state index is -3.57. The van der Waals surface area contributed by atoms with Crippen LogP contribution >= 0.6 is 23.2 Å². The number of piperidine rings is 1. The van der Waals surface area contributed by atoms with E-state index in [0.717, 1.165) is 0 Å². The van der Waals surface area contributed by atoms with Crippen molar-refractivity contribution in [3.05, 3.63) is 63.1 Å². The second-order valence-corrected chi connectivity index (χ2v) is 11.2. The van der Waals surface area contributed by atoms with Gasteiger partial charge in [0.15, 0.2) is 0 Å². The number of imide groups is 1. The van der Waals surface area contributed by atoms with Gasteiger partial charge in [-0.2, -0.15) is 0 Å². The van der Waals surface area contributed by atoms with Crippen LogP contribution in [0.5, 0.6) is 0 Å². The lowest BCUT2D eigenvalue weighted by atomic mass is 9.83. The van der Waals surface area contributed by atoms with Gasteiger partial charge in [-0.05, 0) is 62.7 Å². The molecule has 0 aliphatic carbocycles. The summed E-state index contributed by atoms with van der Waals surface area (Å²) < 4.78 is 26.1. The molecule has 2 aromatic carbocycles. The van der Waals surface area contributed by atoms with Gasteiger partial charge in [-0.15, -0.1) is 0 Å². The molecule has 0 radical (unpaired) electrons. The van der Waals surface area contributed by atoms with E-state index in [2.05, 4.69) is 15.4 Å². The van der Waals surface area contributed by atoms with Gasteiger partial charge in [-0.3, -0.25) is 19.7 Å². The van der Waals surface area contributed by atoms with E-state index in [1.165, 1.54) is 19.2 Å². The zero-order chi connectivity index (χ0) is 25.3. The molecule has 11 heteroatoms. The molecule has 3 amide bonds. The molecule has 0 bridgehead atoms. The molecule has 0 spiro atoms. The third-order valence-electron chi connectivity index (χ3n) is 5.90.